The second kappa shape index (κ2) is 7.62. The first-order valence-electron chi connectivity index (χ1n) is 7.90. The van der Waals surface area contributed by atoms with E-state index in [2.05, 4.69) is 21.4 Å². The van der Waals surface area contributed by atoms with Gasteiger partial charge in [-0.15, -0.1) is 0 Å². The van der Waals surface area contributed by atoms with Crippen LogP contribution in [0.25, 0.3) is 6.08 Å². The molecular formula is C19H16BrClN2O4. The van der Waals surface area contributed by atoms with Gasteiger partial charge in [0.05, 0.1) is 19.9 Å². The van der Waals surface area contributed by atoms with Gasteiger partial charge in [0, 0.05) is 9.50 Å². The molecule has 2 amide bonds. The highest BCUT2D eigenvalue weighted by molar-refractivity contribution is 9.10. The Balaban J connectivity index is 1.99. The van der Waals surface area contributed by atoms with Gasteiger partial charge in [0.1, 0.15) is 5.57 Å². The van der Waals surface area contributed by atoms with Crippen LogP contribution in [0.3, 0.4) is 0 Å². The highest BCUT2D eigenvalue weighted by atomic mass is 79.9. The molecule has 140 valence electrons. The first-order valence-corrected chi connectivity index (χ1v) is 9.07. The molecular weight excluding hydrogens is 436 g/mol. The molecule has 2 aromatic carbocycles. The lowest BCUT2D eigenvalue weighted by Gasteiger charge is -2.15. The zero-order valence-corrected chi connectivity index (χ0v) is 17.1. The van der Waals surface area contributed by atoms with Crippen molar-refractivity contribution in [2.45, 2.75) is 6.92 Å². The maximum absolute atomic E-state index is 12.8. The predicted molar refractivity (Wildman–Crippen MR) is 107 cm³/mol. The summed E-state index contributed by atoms with van der Waals surface area (Å²) in [7, 11) is 3.04. The van der Waals surface area contributed by atoms with Crippen LogP contribution in [0.15, 0.2) is 40.4 Å². The summed E-state index contributed by atoms with van der Waals surface area (Å²) in [5.41, 5.74) is 4.52. The molecule has 0 bridgehead atoms. The second-order valence-corrected chi connectivity index (χ2v) is 7.06. The molecule has 3 rings (SSSR count). The van der Waals surface area contributed by atoms with Gasteiger partial charge in [-0.1, -0.05) is 33.6 Å². The van der Waals surface area contributed by atoms with Crippen molar-refractivity contribution in [2.75, 3.05) is 19.2 Å². The van der Waals surface area contributed by atoms with Gasteiger partial charge in [-0.05, 0) is 48.4 Å². The summed E-state index contributed by atoms with van der Waals surface area (Å²) in [6, 6.07) is 8.52. The van der Waals surface area contributed by atoms with Gasteiger partial charge >= 0.3 is 0 Å². The molecule has 27 heavy (non-hydrogen) atoms. The molecule has 1 fully saturated rings. The fourth-order valence-corrected chi connectivity index (χ4v) is 3.21. The predicted octanol–water partition coefficient (Wildman–Crippen LogP) is 3.89. The number of hydrogen-bond acceptors (Lipinski definition) is 4. The summed E-state index contributed by atoms with van der Waals surface area (Å²) in [5.74, 6) is 0.0465. The number of ether oxygens (including phenoxy) is 2. The Morgan fingerprint density at radius 1 is 1.11 bits per heavy atom. The molecule has 1 aliphatic heterocycles. The van der Waals surface area contributed by atoms with E-state index in [0.717, 1.165) is 5.56 Å². The third-order valence-electron chi connectivity index (χ3n) is 4.11. The zero-order chi connectivity index (χ0) is 19.7. The van der Waals surface area contributed by atoms with E-state index in [1.54, 1.807) is 30.3 Å². The number of benzene rings is 2. The minimum atomic E-state index is -0.501. The minimum Gasteiger partial charge on any atom is -0.493 e. The molecule has 0 atom stereocenters. The number of methoxy groups -OCH3 is 2. The number of carbonyl (C=O) groups excluding carboxylic acids is 2. The molecule has 2 aromatic rings. The molecule has 6 nitrogen and oxygen atoms in total. The van der Waals surface area contributed by atoms with Gasteiger partial charge in [-0.3, -0.25) is 15.0 Å². The summed E-state index contributed by atoms with van der Waals surface area (Å²) >= 11 is 9.55. The molecule has 0 saturated carbocycles. The third-order valence-corrected chi connectivity index (χ3v) is 5.20. The van der Waals surface area contributed by atoms with Crippen LogP contribution in [0.5, 0.6) is 11.5 Å². The van der Waals surface area contributed by atoms with E-state index in [9.17, 15) is 9.59 Å². The smallest absolute Gasteiger partial charge is 0.282 e. The quantitative estimate of drug-likeness (QED) is 0.566. The summed E-state index contributed by atoms with van der Waals surface area (Å²) < 4.78 is 11.2. The van der Waals surface area contributed by atoms with Crippen LogP contribution in [0.2, 0.25) is 5.02 Å². The lowest BCUT2D eigenvalue weighted by atomic mass is 10.1. The van der Waals surface area contributed by atoms with E-state index >= 15 is 0 Å². The number of rotatable bonds is 4. The van der Waals surface area contributed by atoms with Crippen LogP contribution < -0.4 is 19.9 Å². The highest BCUT2D eigenvalue weighted by Gasteiger charge is 2.34. The topological polar surface area (TPSA) is 67.9 Å². The molecule has 0 aromatic heterocycles. The van der Waals surface area contributed by atoms with Crippen LogP contribution in [0.1, 0.15) is 11.1 Å². The molecule has 0 aliphatic carbocycles. The van der Waals surface area contributed by atoms with E-state index in [-0.39, 0.29) is 5.57 Å². The van der Waals surface area contributed by atoms with Crippen molar-refractivity contribution < 1.29 is 19.1 Å². The van der Waals surface area contributed by atoms with Gasteiger partial charge in [0.25, 0.3) is 11.8 Å². The Kier molecular flexibility index (Phi) is 5.43. The average molecular weight is 452 g/mol. The number of aryl methyl sites for hydroxylation is 1. The standard InChI is InChI=1S/C19H16BrClN2O4/c1-10-4-5-12(8-15(10)21)23-19(25)13(18(24)22-23)6-11-7-16(26-2)17(27-3)9-14(11)20/h4-9H,1-3H3,(H,22,24)/b13-6-. The van der Waals surface area contributed by atoms with Crippen molar-refractivity contribution in [3.05, 3.63) is 56.5 Å². The minimum absolute atomic E-state index is 0.000354. The Bertz CT molecular complexity index is 974. The van der Waals surface area contributed by atoms with Crippen molar-refractivity contribution in [3.8, 4) is 11.5 Å². The number of amides is 2. The molecule has 1 heterocycles. The normalized spacial score (nSPS) is 15.3. The molecule has 1 aliphatic rings. The zero-order valence-electron chi connectivity index (χ0n) is 14.8. The Morgan fingerprint density at radius 2 is 1.78 bits per heavy atom. The highest BCUT2D eigenvalue weighted by Crippen LogP contribution is 2.35. The average Bonchev–Trinajstić information content (AvgIpc) is 2.93. The van der Waals surface area contributed by atoms with Crippen LogP contribution >= 0.6 is 27.5 Å². The second-order valence-electron chi connectivity index (χ2n) is 5.80. The van der Waals surface area contributed by atoms with Gasteiger partial charge in [0.2, 0.25) is 0 Å². The van der Waals surface area contributed by atoms with Gasteiger partial charge < -0.3 is 9.47 Å². The molecule has 0 radical (unpaired) electrons. The summed E-state index contributed by atoms with van der Waals surface area (Å²) in [4.78, 5) is 25.1. The summed E-state index contributed by atoms with van der Waals surface area (Å²) in [6.45, 7) is 1.86. The number of anilines is 1. The van der Waals surface area contributed by atoms with E-state index in [1.807, 2.05) is 6.92 Å². The van der Waals surface area contributed by atoms with Gasteiger partial charge in [-0.25, -0.2) is 5.01 Å². The van der Waals surface area contributed by atoms with Gasteiger partial charge in [-0.2, -0.15) is 0 Å². The number of carbonyl (C=O) groups is 2. The Labute approximate surface area is 169 Å². The maximum atomic E-state index is 12.8. The molecule has 1 saturated heterocycles. The van der Waals surface area contributed by atoms with Crippen LogP contribution in [0, 0.1) is 6.92 Å². The fraction of sp³-hybridized carbons (Fsp3) is 0.158. The van der Waals surface area contributed by atoms with Gasteiger partial charge in [0.15, 0.2) is 11.5 Å². The lowest BCUT2D eigenvalue weighted by molar-refractivity contribution is -0.117. The number of nitrogens with one attached hydrogen (secondary N) is 1. The van der Waals surface area contributed by atoms with E-state index < -0.39 is 11.8 Å². The fourth-order valence-electron chi connectivity index (χ4n) is 2.60. The van der Waals surface area contributed by atoms with Crippen LogP contribution in [0.4, 0.5) is 5.69 Å². The lowest BCUT2D eigenvalue weighted by Crippen LogP contribution is -2.35. The van der Waals surface area contributed by atoms with Crippen molar-refractivity contribution in [1.82, 2.24) is 5.43 Å². The number of hydrazine groups is 1. The van der Waals surface area contributed by atoms with Crippen molar-refractivity contribution in [3.63, 3.8) is 0 Å². The SMILES string of the molecule is COc1cc(Br)c(/C=C2/C(=O)NN(c3ccc(C)c(Cl)c3)C2=O)cc1OC. The Morgan fingerprint density at radius 3 is 2.41 bits per heavy atom. The molecule has 0 unspecified atom stereocenters. The maximum Gasteiger partial charge on any atom is 0.282 e. The van der Waals surface area contributed by atoms with Crippen molar-refractivity contribution >= 4 is 51.1 Å². The van der Waals surface area contributed by atoms with E-state index in [0.29, 0.717) is 32.2 Å². The van der Waals surface area contributed by atoms with Crippen LogP contribution in [-0.2, 0) is 9.59 Å². The largest absolute Gasteiger partial charge is 0.493 e. The monoisotopic (exact) mass is 450 g/mol. The first-order chi connectivity index (χ1) is 12.8. The van der Waals surface area contributed by atoms with Crippen LogP contribution in [-0.4, -0.2) is 26.0 Å². The van der Waals surface area contributed by atoms with E-state index in [4.69, 9.17) is 21.1 Å². The van der Waals surface area contributed by atoms with E-state index in [1.165, 1.54) is 25.3 Å². The summed E-state index contributed by atoms with van der Waals surface area (Å²) in [6.07, 6.45) is 1.50. The molecule has 8 heteroatoms. The Hall–Kier alpha value is -2.51. The number of hydrogen-bond donors (Lipinski definition) is 1. The summed E-state index contributed by atoms with van der Waals surface area (Å²) in [5, 5.41) is 1.68. The number of nitrogens with zero attached hydrogens (tertiary/aromatic N) is 1. The first kappa shape index (κ1) is 19.3. The number of halogens is 2. The molecule has 1 N–H and O–H groups in total. The molecule has 0 spiro atoms. The van der Waals surface area contributed by atoms with Crippen molar-refractivity contribution in [2.24, 2.45) is 0 Å². The van der Waals surface area contributed by atoms with Crippen molar-refractivity contribution in [1.29, 1.82) is 0 Å². The third kappa shape index (κ3) is 3.65.